The Balaban J connectivity index is 0.000000413. The number of carboxylic acid groups (broad SMARTS) is 2. The zero-order valence-corrected chi connectivity index (χ0v) is 15.0. The quantitative estimate of drug-likeness (QED) is 0.576. The molecule has 2 heterocycles. The summed E-state index contributed by atoms with van der Waals surface area (Å²) < 4.78 is 5.19. The van der Waals surface area contributed by atoms with E-state index in [1.54, 1.807) is 23.2 Å². The number of ether oxygens (including phenoxy) is 1. The largest absolute Gasteiger partial charge is 0.539 e. The van der Waals surface area contributed by atoms with E-state index in [2.05, 4.69) is 24.6 Å². The third-order valence-electron chi connectivity index (χ3n) is 3.90. The lowest BCUT2D eigenvalue weighted by Gasteiger charge is -2.24. The second-order valence-electron chi connectivity index (χ2n) is 5.71. The zero-order valence-electron chi connectivity index (χ0n) is 14.2. The van der Waals surface area contributed by atoms with Crippen LogP contribution in [0.2, 0.25) is 0 Å². The molecule has 0 aliphatic carbocycles. The maximum absolute atomic E-state index is 9.04. The molecular weight excluding hydrogens is 330 g/mol. The smallest absolute Gasteiger partial charge is 0.351 e. The fourth-order valence-electron chi connectivity index (χ4n) is 2.60. The maximum Gasteiger partial charge on any atom is 0.351 e. The summed E-state index contributed by atoms with van der Waals surface area (Å²) in [6.45, 7) is 3.44. The number of aliphatic carboxylic acids is 2. The molecule has 1 aromatic rings. The lowest BCUT2D eigenvalue weighted by atomic mass is 9.94. The van der Waals surface area contributed by atoms with Crippen molar-refractivity contribution in [3.05, 3.63) is 28.0 Å². The van der Waals surface area contributed by atoms with Crippen molar-refractivity contribution in [2.45, 2.75) is 25.7 Å². The van der Waals surface area contributed by atoms with Gasteiger partial charge in [0.05, 0.1) is 20.1 Å². The SMILES string of the molecule is COCCCC(=C1CC[NH+](C)CC1)c1cccs1.O=C([O-])C(=O)O. The van der Waals surface area contributed by atoms with Gasteiger partial charge in [0.15, 0.2) is 5.97 Å². The van der Waals surface area contributed by atoms with Crippen molar-refractivity contribution >= 4 is 28.8 Å². The van der Waals surface area contributed by atoms with E-state index >= 15 is 0 Å². The van der Waals surface area contributed by atoms with Gasteiger partial charge in [-0.25, -0.2) is 4.79 Å². The van der Waals surface area contributed by atoms with Crippen LogP contribution in [0.15, 0.2) is 23.1 Å². The zero-order chi connectivity index (χ0) is 17.9. The van der Waals surface area contributed by atoms with Gasteiger partial charge in [0, 0.05) is 31.4 Å². The number of rotatable bonds is 5. The Hall–Kier alpha value is -1.70. The molecule has 1 saturated heterocycles. The molecule has 1 fully saturated rings. The first-order valence-corrected chi connectivity index (χ1v) is 8.83. The standard InChI is InChI=1S/C15H23NOS.C2H2O4/c1-16-9-7-13(8-10-16)14(5-3-11-17-2)15-6-4-12-18-15;3-1(4)2(5)6/h4,6,12H,3,5,7-11H2,1-2H3;(H,3,4)(H,5,6). The van der Waals surface area contributed by atoms with Crippen LogP contribution in [0.4, 0.5) is 0 Å². The lowest BCUT2D eigenvalue weighted by Crippen LogP contribution is -3.09. The van der Waals surface area contributed by atoms with Gasteiger partial charge in [-0.3, -0.25) is 0 Å². The molecule has 1 aliphatic heterocycles. The first-order valence-electron chi connectivity index (χ1n) is 7.95. The molecule has 7 heteroatoms. The first-order chi connectivity index (χ1) is 11.5. The van der Waals surface area contributed by atoms with E-state index in [0.29, 0.717) is 0 Å². The van der Waals surface area contributed by atoms with Gasteiger partial charge < -0.3 is 24.6 Å². The minimum absolute atomic E-state index is 0.868. The van der Waals surface area contributed by atoms with Crippen LogP contribution in [-0.2, 0) is 14.3 Å². The number of hydrogen-bond donors (Lipinski definition) is 2. The third-order valence-corrected chi connectivity index (χ3v) is 4.83. The highest BCUT2D eigenvalue weighted by Crippen LogP contribution is 2.30. The summed E-state index contributed by atoms with van der Waals surface area (Å²) >= 11 is 1.88. The Kier molecular flexibility index (Phi) is 9.29. The number of carbonyl (C=O) groups excluding carboxylic acids is 1. The van der Waals surface area contributed by atoms with Crippen LogP contribution in [0.5, 0.6) is 0 Å². The van der Waals surface area contributed by atoms with Gasteiger partial charge in [-0.05, 0) is 29.9 Å². The van der Waals surface area contributed by atoms with Crippen molar-refractivity contribution in [3.63, 3.8) is 0 Å². The van der Waals surface area contributed by atoms with Crippen LogP contribution in [0.25, 0.3) is 5.57 Å². The number of allylic oxidation sites excluding steroid dienone is 1. The fourth-order valence-corrected chi connectivity index (χ4v) is 3.45. The summed E-state index contributed by atoms with van der Waals surface area (Å²) in [4.78, 5) is 21.2. The Morgan fingerprint density at radius 1 is 1.38 bits per heavy atom. The van der Waals surface area contributed by atoms with Crippen LogP contribution in [0.3, 0.4) is 0 Å². The van der Waals surface area contributed by atoms with Crippen molar-refractivity contribution in [3.8, 4) is 0 Å². The first kappa shape index (κ1) is 20.3. The van der Waals surface area contributed by atoms with E-state index in [1.807, 2.05) is 11.3 Å². The highest BCUT2D eigenvalue weighted by molar-refractivity contribution is 7.11. The maximum atomic E-state index is 9.04. The highest BCUT2D eigenvalue weighted by Gasteiger charge is 2.18. The second-order valence-corrected chi connectivity index (χ2v) is 6.65. The molecule has 0 amide bonds. The predicted octanol–water partition coefficient (Wildman–Crippen LogP) is 0.0577. The molecule has 2 rings (SSSR count). The number of thiophene rings is 1. The molecule has 2 N–H and O–H groups in total. The molecule has 0 bridgehead atoms. The number of carboxylic acids is 2. The minimum Gasteiger partial charge on any atom is -0.539 e. The summed E-state index contributed by atoms with van der Waals surface area (Å²) in [6, 6.07) is 4.43. The second kappa shape index (κ2) is 11.0. The van der Waals surface area contributed by atoms with E-state index in [-0.39, 0.29) is 0 Å². The molecule has 0 radical (unpaired) electrons. The lowest BCUT2D eigenvalue weighted by molar-refractivity contribution is -0.882. The van der Waals surface area contributed by atoms with Crippen molar-refractivity contribution in [1.29, 1.82) is 0 Å². The number of nitrogens with one attached hydrogen (secondary N) is 1. The number of carbonyl (C=O) groups is 2. The van der Waals surface area contributed by atoms with Crippen LogP contribution < -0.4 is 10.0 Å². The van der Waals surface area contributed by atoms with Crippen molar-refractivity contribution in [2.24, 2.45) is 0 Å². The monoisotopic (exact) mass is 355 g/mol. The van der Waals surface area contributed by atoms with Gasteiger partial charge >= 0.3 is 5.97 Å². The van der Waals surface area contributed by atoms with Crippen LogP contribution in [-0.4, -0.2) is 50.9 Å². The average Bonchev–Trinajstić information content (AvgIpc) is 3.07. The third kappa shape index (κ3) is 7.25. The topological polar surface area (TPSA) is 91.1 Å². The number of likely N-dealkylation sites (tertiary alicyclic amines) is 1. The van der Waals surface area contributed by atoms with E-state index in [4.69, 9.17) is 24.5 Å². The Morgan fingerprint density at radius 3 is 2.46 bits per heavy atom. The van der Waals surface area contributed by atoms with Gasteiger partial charge in [0.25, 0.3) is 0 Å². The van der Waals surface area contributed by atoms with E-state index < -0.39 is 11.9 Å². The predicted molar refractivity (Wildman–Crippen MR) is 90.8 cm³/mol. The van der Waals surface area contributed by atoms with E-state index in [0.717, 1.165) is 13.0 Å². The Bertz CT molecular complexity index is 531. The minimum atomic E-state index is -2.07. The number of methoxy groups -OCH3 is 1. The summed E-state index contributed by atoms with van der Waals surface area (Å²) in [5.74, 6) is -4.01. The van der Waals surface area contributed by atoms with Crippen molar-refractivity contribution in [1.82, 2.24) is 0 Å². The molecule has 24 heavy (non-hydrogen) atoms. The Labute approximate surface area is 146 Å². The van der Waals surface area contributed by atoms with Crippen molar-refractivity contribution in [2.75, 3.05) is 33.9 Å². The number of hydrogen-bond acceptors (Lipinski definition) is 5. The number of piperidine rings is 1. The molecule has 0 atom stereocenters. The van der Waals surface area contributed by atoms with Crippen LogP contribution >= 0.6 is 11.3 Å². The molecule has 6 nitrogen and oxygen atoms in total. The van der Waals surface area contributed by atoms with Crippen molar-refractivity contribution < 1.29 is 29.4 Å². The van der Waals surface area contributed by atoms with Crippen LogP contribution in [0, 0.1) is 0 Å². The molecule has 0 aromatic carbocycles. The number of quaternary nitrogens is 1. The molecule has 1 aromatic heterocycles. The normalized spacial score (nSPS) is 16.9. The van der Waals surface area contributed by atoms with Gasteiger partial charge in [0.1, 0.15) is 0 Å². The Morgan fingerprint density at radius 2 is 2.00 bits per heavy atom. The molecule has 0 saturated carbocycles. The summed E-state index contributed by atoms with van der Waals surface area (Å²) in [5, 5.41) is 18.5. The summed E-state index contributed by atoms with van der Waals surface area (Å²) in [7, 11) is 4.09. The molecule has 0 spiro atoms. The molecule has 134 valence electrons. The van der Waals surface area contributed by atoms with Crippen LogP contribution in [0.1, 0.15) is 30.6 Å². The molecule has 0 unspecified atom stereocenters. The molecule has 1 aliphatic rings. The van der Waals surface area contributed by atoms with Gasteiger partial charge in [-0.2, -0.15) is 0 Å². The van der Waals surface area contributed by atoms with E-state index in [9.17, 15) is 0 Å². The summed E-state index contributed by atoms with van der Waals surface area (Å²) in [5.41, 5.74) is 3.30. The van der Waals surface area contributed by atoms with Gasteiger partial charge in [0.2, 0.25) is 0 Å². The highest BCUT2D eigenvalue weighted by atomic mass is 32.1. The molecular formula is C17H25NO5S. The average molecular weight is 355 g/mol. The van der Waals surface area contributed by atoms with Gasteiger partial charge in [-0.15, -0.1) is 11.3 Å². The van der Waals surface area contributed by atoms with E-state index in [1.165, 1.54) is 37.2 Å². The summed E-state index contributed by atoms with van der Waals surface area (Å²) in [6.07, 6.45) is 4.84. The van der Waals surface area contributed by atoms with Gasteiger partial charge in [-0.1, -0.05) is 11.6 Å². The fraction of sp³-hybridized carbons (Fsp3) is 0.529.